The second-order valence-corrected chi connectivity index (χ2v) is 3.58. The molecule has 2 aromatic heterocycles. The van der Waals surface area contributed by atoms with Crippen LogP contribution in [0.4, 0.5) is 0 Å². The van der Waals surface area contributed by atoms with E-state index in [1.165, 1.54) is 5.57 Å². The molecule has 0 aliphatic rings. The Kier molecular flexibility index (Phi) is 2.27. The van der Waals surface area contributed by atoms with E-state index in [4.69, 9.17) is 0 Å². The SMILES string of the molecule is CC(C)=C[n+]1ccc2ncccc2c1. The molecule has 0 spiro atoms. The Morgan fingerprint density at radius 3 is 3.00 bits per heavy atom. The number of pyridine rings is 2. The van der Waals surface area contributed by atoms with Gasteiger partial charge in [-0.2, -0.15) is 4.57 Å². The van der Waals surface area contributed by atoms with Crippen LogP contribution in [0.2, 0.25) is 0 Å². The van der Waals surface area contributed by atoms with E-state index >= 15 is 0 Å². The molecule has 70 valence electrons. The second-order valence-electron chi connectivity index (χ2n) is 3.58. The minimum Gasteiger partial charge on any atom is -0.256 e. The first-order valence-electron chi connectivity index (χ1n) is 4.66. The smallest absolute Gasteiger partial charge is 0.183 e. The molecular weight excluding hydrogens is 172 g/mol. The van der Waals surface area contributed by atoms with Crippen molar-refractivity contribution in [2.45, 2.75) is 13.8 Å². The van der Waals surface area contributed by atoms with Crippen LogP contribution in [-0.2, 0) is 0 Å². The van der Waals surface area contributed by atoms with Gasteiger partial charge in [-0.1, -0.05) is 0 Å². The summed E-state index contributed by atoms with van der Waals surface area (Å²) in [6.45, 7) is 4.17. The van der Waals surface area contributed by atoms with Crippen LogP contribution >= 0.6 is 0 Å². The van der Waals surface area contributed by atoms with Crippen LogP contribution in [0.5, 0.6) is 0 Å². The molecule has 0 aromatic carbocycles. The average Bonchev–Trinajstić information content (AvgIpc) is 2.17. The molecule has 0 saturated heterocycles. The van der Waals surface area contributed by atoms with Gasteiger partial charge in [-0.3, -0.25) is 4.98 Å². The Balaban J connectivity index is 2.57. The van der Waals surface area contributed by atoms with E-state index in [-0.39, 0.29) is 0 Å². The maximum absolute atomic E-state index is 4.27. The van der Waals surface area contributed by atoms with Gasteiger partial charge in [0.05, 0.1) is 10.9 Å². The molecule has 0 unspecified atom stereocenters. The minimum absolute atomic E-state index is 1.03. The van der Waals surface area contributed by atoms with Gasteiger partial charge < -0.3 is 0 Å². The highest BCUT2D eigenvalue weighted by atomic mass is 14.9. The number of rotatable bonds is 1. The normalized spacial score (nSPS) is 10.1. The predicted molar refractivity (Wildman–Crippen MR) is 57.6 cm³/mol. The van der Waals surface area contributed by atoms with E-state index in [0.29, 0.717) is 0 Å². The van der Waals surface area contributed by atoms with Gasteiger partial charge in [0.1, 0.15) is 0 Å². The van der Waals surface area contributed by atoms with E-state index in [0.717, 1.165) is 10.9 Å². The van der Waals surface area contributed by atoms with Crippen LogP contribution in [0, 0.1) is 0 Å². The summed E-state index contributed by atoms with van der Waals surface area (Å²) in [5.41, 5.74) is 2.31. The Labute approximate surface area is 83.5 Å². The summed E-state index contributed by atoms with van der Waals surface area (Å²) in [7, 11) is 0. The molecule has 0 amide bonds. The molecule has 0 bridgehead atoms. The van der Waals surface area contributed by atoms with Crippen molar-refractivity contribution in [1.29, 1.82) is 0 Å². The van der Waals surface area contributed by atoms with E-state index in [9.17, 15) is 0 Å². The lowest BCUT2D eigenvalue weighted by molar-refractivity contribution is -0.567. The highest BCUT2D eigenvalue weighted by Gasteiger charge is 1.99. The Morgan fingerprint density at radius 2 is 2.21 bits per heavy atom. The third-order valence-electron chi connectivity index (χ3n) is 1.97. The van der Waals surface area contributed by atoms with Crippen molar-refractivity contribution in [3.63, 3.8) is 0 Å². The first kappa shape index (κ1) is 8.88. The van der Waals surface area contributed by atoms with Crippen molar-refractivity contribution >= 4 is 17.1 Å². The topological polar surface area (TPSA) is 16.8 Å². The Morgan fingerprint density at radius 1 is 1.36 bits per heavy atom. The van der Waals surface area contributed by atoms with Crippen molar-refractivity contribution in [1.82, 2.24) is 4.98 Å². The lowest BCUT2D eigenvalue weighted by Gasteiger charge is -1.93. The highest BCUT2D eigenvalue weighted by molar-refractivity contribution is 5.75. The molecule has 2 aromatic rings. The van der Waals surface area contributed by atoms with Gasteiger partial charge in [0.25, 0.3) is 0 Å². The molecular formula is C12H13N2+. The lowest BCUT2D eigenvalue weighted by Crippen LogP contribution is -2.24. The number of allylic oxidation sites excluding steroid dienone is 1. The molecule has 2 rings (SSSR count). The van der Waals surface area contributed by atoms with Gasteiger partial charge in [0.15, 0.2) is 18.6 Å². The van der Waals surface area contributed by atoms with Crippen LogP contribution in [0.1, 0.15) is 13.8 Å². The van der Waals surface area contributed by atoms with Crippen molar-refractivity contribution < 1.29 is 4.57 Å². The summed E-state index contributed by atoms with van der Waals surface area (Å²) < 4.78 is 2.05. The summed E-state index contributed by atoms with van der Waals surface area (Å²) >= 11 is 0. The Hall–Kier alpha value is -1.70. The fourth-order valence-corrected chi connectivity index (χ4v) is 1.42. The van der Waals surface area contributed by atoms with Gasteiger partial charge >= 0.3 is 0 Å². The molecule has 14 heavy (non-hydrogen) atoms. The van der Waals surface area contributed by atoms with Crippen LogP contribution in [0.15, 0.2) is 42.4 Å². The zero-order valence-electron chi connectivity index (χ0n) is 8.44. The molecule has 0 atom stereocenters. The average molecular weight is 185 g/mol. The molecule has 2 nitrogen and oxygen atoms in total. The lowest BCUT2D eigenvalue weighted by atomic mass is 10.3. The van der Waals surface area contributed by atoms with Gasteiger partial charge in [-0.25, -0.2) is 0 Å². The number of hydrogen-bond acceptors (Lipinski definition) is 1. The van der Waals surface area contributed by atoms with Crippen LogP contribution in [-0.4, -0.2) is 4.98 Å². The number of fused-ring (bicyclic) bond motifs is 1. The summed E-state index contributed by atoms with van der Waals surface area (Å²) in [6.07, 6.45) is 8.00. The predicted octanol–water partition coefficient (Wildman–Crippen LogP) is 2.40. The molecule has 0 radical (unpaired) electrons. The standard InChI is InChI=1S/C12H13N2/c1-10(2)8-14-7-5-12-11(9-14)4-3-6-13-12/h3-9H,1-2H3/q+1. The first-order valence-corrected chi connectivity index (χ1v) is 4.66. The van der Waals surface area contributed by atoms with Gasteiger partial charge in [-0.15, -0.1) is 0 Å². The number of aromatic nitrogens is 2. The zero-order chi connectivity index (χ0) is 9.97. The molecule has 2 heterocycles. The van der Waals surface area contributed by atoms with Gasteiger partial charge in [0, 0.05) is 12.3 Å². The maximum atomic E-state index is 4.27. The molecule has 0 saturated carbocycles. The van der Waals surface area contributed by atoms with Crippen molar-refractivity contribution in [3.05, 3.63) is 42.4 Å². The van der Waals surface area contributed by atoms with Crippen LogP contribution in [0.3, 0.4) is 0 Å². The third-order valence-corrected chi connectivity index (χ3v) is 1.97. The van der Waals surface area contributed by atoms with E-state index in [1.54, 1.807) is 0 Å². The van der Waals surface area contributed by atoms with Crippen molar-refractivity contribution in [2.24, 2.45) is 0 Å². The monoisotopic (exact) mass is 185 g/mol. The number of nitrogens with zero attached hydrogens (tertiary/aromatic N) is 2. The van der Waals surface area contributed by atoms with Gasteiger partial charge in [0.2, 0.25) is 0 Å². The first-order chi connectivity index (χ1) is 6.75. The summed E-state index contributed by atoms with van der Waals surface area (Å²) in [6, 6.07) is 6.04. The van der Waals surface area contributed by atoms with E-state index in [2.05, 4.69) is 41.9 Å². The van der Waals surface area contributed by atoms with Gasteiger partial charge in [-0.05, 0) is 31.6 Å². The zero-order valence-corrected chi connectivity index (χ0v) is 8.44. The largest absolute Gasteiger partial charge is 0.256 e. The fraction of sp³-hybridized carbons (Fsp3) is 0.167. The maximum Gasteiger partial charge on any atom is 0.183 e. The second kappa shape index (κ2) is 3.58. The molecule has 0 fully saturated rings. The van der Waals surface area contributed by atoms with E-state index in [1.807, 2.05) is 24.5 Å². The third kappa shape index (κ3) is 1.79. The van der Waals surface area contributed by atoms with Crippen LogP contribution < -0.4 is 4.57 Å². The fourth-order valence-electron chi connectivity index (χ4n) is 1.42. The minimum atomic E-state index is 1.03. The summed E-state index contributed by atoms with van der Waals surface area (Å²) in [5, 5.41) is 1.16. The number of hydrogen-bond donors (Lipinski definition) is 0. The summed E-state index contributed by atoms with van der Waals surface area (Å²) in [4.78, 5) is 4.27. The van der Waals surface area contributed by atoms with E-state index < -0.39 is 0 Å². The van der Waals surface area contributed by atoms with Crippen LogP contribution in [0.25, 0.3) is 17.1 Å². The summed E-state index contributed by atoms with van der Waals surface area (Å²) in [5.74, 6) is 0. The van der Waals surface area contributed by atoms with Crippen molar-refractivity contribution in [2.75, 3.05) is 0 Å². The van der Waals surface area contributed by atoms with Crippen molar-refractivity contribution in [3.8, 4) is 0 Å². The Bertz CT molecular complexity index is 482. The highest BCUT2D eigenvalue weighted by Crippen LogP contribution is 2.06. The molecule has 0 aliphatic carbocycles. The quantitative estimate of drug-likeness (QED) is 0.623. The molecule has 2 heteroatoms. The molecule has 0 aliphatic heterocycles. The molecule has 0 N–H and O–H groups in total.